The Kier molecular flexibility index (Phi) is 5.01. The van der Waals surface area contributed by atoms with Crippen molar-refractivity contribution in [1.82, 2.24) is 9.88 Å². The zero-order valence-electron chi connectivity index (χ0n) is 12.7. The summed E-state index contributed by atoms with van der Waals surface area (Å²) < 4.78 is 51.7. The zero-order valence-corrected chi connectivity index (χ0v) is 13.5. The number of pyridine rings is 1. The van der Waals surface area contributed by atoms with E-state index in [1.165, 1.54) is 0 Å². The Morgan fingerprint density at radius 3 is 2.30 bits per heavy atom. The van der Waals surface area contributed by atoms with E-state index >= 15 is 0 Å². The molecule has 0 saturated carbocycles. The monoisotopic (exact) mass is 349 g/mol. The van der Waals surface area contributed by atoms with Crippen molar-refractivity contribution in [3.05, 3.63) is 23.6 Å². The highest BCUT2D eigenvalue weighted by atomic mass is 32.2. The van der Waals surface area contributed by atoms with E-state index in [2.05, 4.69) is 9.88 Å². The maximum atomic E-state index is 14.0. The first-order chi connectivity index (χ1) is 10.9. The lowest BCUT2D eigenvalue weighted by molar-refractivity contribution is -0.138. The molecule has 0 bridgehead atoms. The largest absolute Gasteiger partial charge is 0.417 e. The quantitative estimate of drug-likeness (QED) is 0.763. The fourth-order valence-corrected chi connectivity index (χ4v) is 4.14. The summed E-state index contributed by atoms with van der Waals surface area (Å²) in [6.07, 6.45) is -2.06. The van der Waals surface area contributed by atoms with Crippen molar-refractivity contribution in [1.29, 1.82) is 0 Å². The van der Waals surface area contributed by atoms with Crippen LogP contribution in [0.3, 0.4) is 0 Å². The molecule has 1 aromatic rings. The molecule has 0 amide bonds. The van der Waals surface area contributed by atoms with E-state index in [9.17, 15) is 17.6 Å². The van der Waals surface area contributed by atoms with Crippen LogP contribution in [0.4, 0.5) is 23.4 Å². The molecule has 1 aromatic heterocycles. The minimum absolute atomic E-state index is 0.0330. The van der Waals surface area contributed by atoms with E-state index in [1.54, 1.807) is 4.90 Å². The van der Waals surface area contributed by atoms with Crippen LogP contribution >= 0.6 is 11.8 Å². The maximum absolute atomic E-state index is 14.0. The summed E-state index contributed by atoms with van der Waals surface area (Å²) >= 11 is 1.96. The van der Waals surface area contributed by atoms with Crippen LogP contribution in [0.25, 0.3) is 0 Å². The molecule has 0 aromatic carbocycles. The molecule has 3 heterocycles. The first-order valence-electron chi connectivity index (χ1n) is 7.74. The third kappa shape index (κ3) is 3.91. The molecule has 2 fully saturated rings. The Labute approximate surface area is 137 Å². The van der Waals surface area contributed by atoms with Crippen molar-refractivity contribution < 1.29 is 17.6 Å². The third-order valence-corrected chi connectivity index (χ3v) is 5.42. The van der Waals surface area contributed by atoms with E-state index in [-0.39, 0.29) is 5.82 Å². The fourth-order valence-electron chi connectivity index (χ4n) is 3.20. The van der Waals surface area contributed by atoms with E-state index in [0.29, 0.717) is 31.4 Å². The molecule has 0 atom stereocenters. The van der Waals surface area contributed by atoms with Crippen LogP contribution in [0.5, 0.6) is 0 Å². The number of hydrogen-bond acceptors (Lipinski definition) is 4. The summed E-state index contributed by atoms with van der Waals surface area (Å²) in [5, 5.41) is 0. The Bertz CT molecular complexity index is 538. The highest BCUT2D eigenvalue weighted by Gasteiger charge is 2.33. The van der Waals surface area contributed by atoms with Crippen LogP contribution in [0, 0.1) is 5.82 Å². The van der Waals surface area contributed by atoms with Crippen LogP contribution in [-0.4, -0.2) is 53.6 Å². The molecule has 2 saturated heterocycles. The third-order valence-electron chi connectivity index (χ3n) is 4.48. The summed E-state index contributed by atoms with van der Waals surface area (Å²) in [6, 6.07) is 1.03. The fraction of sp³-hybridized carbons (Fsp3) is 0.667. The first kappa shape index (κ1) is 16.8. The molecule has 0 aliphatic carbocycles. The minimum atomic E-state index is -4.56. The van der Waals surface area contributed by atoms with Gasteiger partial charge < -0.3 is 4.90 Å². The Morgan fingerprint density at radius 2 is 1.74 bits per heavy atom. The highest BCUT2D eigenvalue weighted by molar-refractivity contribution is 7.99. The smallest absolute Gasteiger partial charge is 0.354 e. The molecule has 8 heteroatoms. The van der Waals surface area contributed by atoms with Crippen molar-refractivity contribution >= 4 is 17.6 Å². The van der Waals surface area contributed by atoms with Gasteiger partial charge in [0.05, 0.1) is 5.56 Å². The molecule has 3 rings (SSSR count). The van der Waals surface area contributed by atoms with Crippen LogP contribution in [0.15, 0.2) is 12.3 Å². The number of rotatable bonds is 2. The second kappa shape index (κ2) is 6.84. The topological polar surface area (TPSA) is 19.4 Å². The summed E-state index contributed by atoms with van der Waals surface area (Å²) in [5.74, 6) is 1.43. The molecule has 2 aliphatic heterocycles. The van der Waals surface area contributed by atoms with Crippen molar-refractivity contribution in [3.63, 3.8) is 0 Å². The molecule has 0 radical (unpaired) electrons. The highest BCUT2D eigenvalue weighted by Crippen LogP contribution is 2.32. The van der Waals surface area contributed by atoms with Gasteiger partial charge in [-0.2, -0.15) is 24.9 Å². The van der Waals surface area contributed by atoms with Gasteiger partial charge in [0, 0.05) is 49.9 Å². The Morgan fingerprint density at radius 1 is 1.09 bits per heavy atom. The van der Waals surface area contributed by atoms with Gasteiger partial charge in [-0.3, -0.25) is 4.90 Å². The summed E-state index contributed by atoms with van der Waals surface area (Å²) in [6.45, 7) is 3.43. The zero-order chi connectivity index (χ0) is 16.4. The average Bonchev–Trinajstić information content (AvgIpc) is 2.55. The van der Waals surface area contributed by atoms with Gasteiger partial charge in [-0.1, -0.05) is 0 Å². The molecule has 2 aliphatic rings. The Hall–Kier alpha value is -1.02. The van der Waals surface area contributed by atoms with Gasteiger partial charge in [-0.15, -0.1) is 0 Å². The van der Waals surface area contributed by atoms with Gasteiger partial charge in [-0.05, 0) is 18.9 Å². The second-order valence-electron chi connectivity index (χ2n) is 5.89. The molecular weight excluding hydrogens is 330 g/mol. The van der Waals surface area contributed by atoms with Gasteiger partial charge in [0.15, 0.2) is 11.6 Å². The van der Waals surface area contributed by atoms with Crippen molar-refractivity contribution in [2.45, 2.75) is 25.1 Å². The van der Waals surface area contributed by atoms with E-state index < -0.39 is 17.6 Å². The van der Waals surface area contributed by atoms with Crippen LogP contribution < -0.4 is 4.90 Å². The minimum Gasteiger partial charge on any atom is -0.354 e. The Balaban J connectivity index is 1.63. The van der Waals surface area contributed by atoms with Crippen LogP contribution in [0.1, 0.15) is 18.4 Å². The average molecular weight is 349 g/mol. The number of alkyl halides is 3. The first-order valence-corrected chi connectivity index (χ1v) is 8.90. The second-order valence-corrected chi connectivity index (χ2v) is 7.12. The summed E-state index contributed by atoms with van der Waals surface area (Å²) in [4.78, 5) is 7.95. The lowest BCUT2D eigenvalue weighted by Gasteiger charge is -2.40. The standard InChI is InChI=1S/C15H19F4N3S/c16-13-9-11(15(17,18)19)10-20-14(13)22-3-1-12(2-4-22)21-5-7-23-8-6-21/h9-10,12H,1-8H2. The summed E-state index contributed by atoms with van der Waals surface area (Å²) in [7, 11) is 0. The number of thioether (sulfide) groups is 1. The van der Waals surface area contributed by atoms with Crippen molar-refractivity contribution in [2.75, 3.05) is 42.6 Å². The van der Waals surface area contributed by atoms with Gasteiger partial charge in [0.1, 0.15) is 0 Å². The summed E-state index contributed by atoms with van der Waals surface area (Å²) in [5.41, 5.74) is -1.04. The molecule has 0 unspecified atom stereocenters. The van der Waals surface area contributed by atoms with Gasteiger partial charge in [0.25, 0.3) is 0 Å². The lowest BCUT2D eigenvalue weighted by Crippen LogP contribution is -2.48. The number of nitrogens with zero attached hydrogens (tertiary/aromatic N) is 3. The molecule has 0 spiro atoms. The predicted octanol–water partition coefficient (Wildman–Crippen LogP) is 3.26. The molecule has 23 heavy (non-hydrogen) atoms. The SMILES string of the molecule is Fc1cc(C(F)(F)F)cnc1N1CCC(N2CCSCC2)CC1. The van der Waals surface area contributed by atoms with E-state index in [4.69, 9.17) is 0 Å². The van der Waals surface area contributed by atoms with Crippen LogP contribution in [0.2, 0.25) is 0 Å². The van der Waals surface area contributed by atoms with Gasteiger partial charge in [0.2, 0.25) is 0 Å². The molecule has 3 nitrogen and oxygen atoms in total. The molecular formula is C15H19F4N3S. The van der Waals surface area contributed by atoms with Gasteiger partial charge in [-0.25, -0.2) is 9.37 Å². The number of anilines is 1. The lowest BCUT2D eigenvalue weighted by atomic mass is 10.0. The van der Waals surface area contributed by atoms with Crippen molar-refractivity contribution in [2.24, 2.45) is 0 Å². The molecule has 128 valence electrons. The van der Waals surface area contributed by atoms with E-state index in [0.717, 1.165) is 37.4 Å². The number of hydrogen-bond donors (Lipinski definition) is 0. The number of piperidine rings is 1. The number of aromatic nitrogens is 1. The van der Waals surface area contributed by atoms with E-state index in [1.807, 2.05) is 11.8 Å². The number of halogens is 4. The predicted molar refractivity (Wildman–Crippen MR) is 83.3 cm³/mol. The van der Waals surface area contributed by atoms with Crippen molar-refractivity contribution in [3.8, 4) is 0 Å². The van der Waals surface area contributed by atoms with Crippen LogP contribution in [-0.2, 0) is 6.18 Å². The molecule has 0 N–H and O–H groups in total. The normalized spacial score (nSPS) is 21.7. The maximum Gasteiger partial charge on any atom is 0.417 e. The van der Waals surface area contributed by atoms with Gasteiger partial charge >= 0.3 is 6.18 Å².